The van der Waals surface area contributed by atoms with Crippen molar-refractivity contribution in [2.75, 3.05) is 13.7 Å². The molecule has 0 heterocycles. The summed E-state index contributed by atoms with van der Waals surface area (Å²) in [6.45, 7) is 5.51. The van der Waals surface area contributed by atoms with Crippen molar-refractivity contribution in [2.24, 2.45) is 5.92 Å². The fourth-order valence-electron chi connectivity index (χ4n) is 2.90. The summed E-state index contributed by atoms with van der Waals surface area (Å²) in [7, 11) is 2.06. The largest absolute Gasteiger partial charge is 0.378 e. The van der Waals surface area contributed by atoms with E-state index in [1.165, 1.54) is 51.4 Å². The van der Waals surface area contributed by atoms with Gasteiger partial charge in [0.05, 0.1) is 6.10 Å². The molecule has 1 fully saturated rings. The molecule has 3 unspecified atom stereocenters. The van der Waals surface area contributed by atoms with Crippen LogP contribution in [0.5, 0.6) is 0 Å². The topological polar surface area (TPSA) is 21.3 Å². The van der Waals surface area contributed by atoms with Gasteiger partial charge in [-0.05, 0) is 45.1 Å². The van der Waals surface area contributed by atoms with Crippen molar-refractivity contribution in [3.05, 3.63) is 0 Å². The Morgan fingerprint density at radius 3 is 2.76 bits per heavy atom. The van der Waals surface area contributed by atoms with E-state index in [0.717, 1.165) is 12.5 Å². The lowest BCUT2D eigenvalue weighted by molar-refractivity contribution is 0.0101. The van der Waals surface area contributed by atoms with Gasteiger partial charge in [0, 0.05) is 12.6 Å². The summed E-state index contributed by atoms with van der Waals surface area (Å²) in [5.41, 5.74) is 0. The summed E-state index contributed by atoms with van der Waals surface area (Å²) in [5, 5.41) is 3.35. The van der Waals surface area contributed by atoms with Crippen LogP contribution in [0.2, 0.25) is 0 Å². The molecule has 1 rings (SSSR count). The minimum Gasteiger partial charge on any atom is -0.378 e. The van der Waals surface area contributed by atoms with Crippen LogP contribution < -0.4 is 5.32 Å². The molecular formula is C15H31NO. The molecule has 0 amide bonds. The molecule has 1 aliphatic carbocycles. The lowest BCUT2D eigenvalue weighted by atomic mass is 9.85. The van der Waals surface area contributed by atoms with Crippen LogP contribution in [0, 0.1) is 5.92 Å². The SMILES string of the molecule is CCC1CCCC(OCCCC(CC)NC)C1. The van der Waals surface area contributed by atoms with Gasteiger partial charge in [0.15, 0.2) is 0 Å². The molecule has 1 N–H and O–H groups in total. The van der Waals surface area contributed by atoms with Gasteiger partial charge in [-0.1, -0.05) is 33.1 Å². The molecule has 102 valence electrons. The second kappa shape index (κ2) is 8.93. The van der Waals surface area contributed by atoms with Gasteiger partial charge < -0.3 is 10.1 Å². The van der Waals surface area contributed by atoms with Crippen molar-refractivity contribution in [2.45, 2.75) is 77.4 Å². The molecule has 0 aliphatic heterocycles. The zero-order valence-corrected chi connectivity index (χ0v) is 12.0. The first-order valence-corrected chi connectivity index (χ1v) is 7.59. The Balaban J connectivity index is 2.05. The van der Waals surface area contributed by atoms with E-state index < -0.39 is 0 Å². The van der Waals surface area contributed by atoms with Crippen LogP contribution in [0.15, 0.2) is 0 Å². The third-order valence-electron chi connectivity index (χ3n) is 4.26. The van der Waals surface area contributed by atoms with Gasteiger partial charge in [0.1, 0.15) is 0 Å². The summed E-state index contributed by atoms with van der Waals surface area (Å²) >= 11 is 0. The summed E-state index contributed by atoms with van der Waals surface area (Å²) in [6.07, 6.45) is 11.0. The highest BCUT2D eigenvalue weighted by Gasteiger charge is 2.20. The van der Waals surface area contributed by atoms with Gasteiger partial charge in [-0.15, -0.1) is 0 Å². The summed E-state index contributed by atoms with van der Waals surface area (Å²) in [5.74, 6) is 0.925. The Hall–Kier alpha value is -0.0800. The zero-order valence-electron chi connectivity index (χ0n) is 12.0. The average molecular weight is 241 g/mol. The number of nitrogens with one attached hydrogen (secondary N) is 1. The lowest BCUT2D eigenvalue weighted by Gasteiger charge is -2.28. The number of ether oxygens (including phenoxy) is 1. The Kier molecular flexibility index (Phi) is 7.87. The van der Waals surface area contributed by atoms with Crippen LogP contribution in [0.1, 0.15) is 65.2 Å². The maximum Gasteiger partial charge on any atom is 0.0577 e. The first-order chi connectivity index (χ1) is 8.30. The van der Waals surface area contributed by atoms with Crippen LogP contribution in [0.4, 0.5) is 0 Å². The van der Waals surface area contributed by atoms with Gasteiger partial charge in [-0.25, -0.2) is 0 Å². The highest BCUT2D eigenvalue weighted by Crippen LogP contribution is 2.28. The Bertz CT molecular complexity index is 180. The van der Waals surface area contributed by atoms with Crippen molar-refractivity contribution in [3.8, 4) is 0 Å². The smallest absolute Gasteiger partial charge is 0.0577 e. The molecule has 0 spiro atoms. The maximum atomic E-state index is 6.03. The van der Waals surface area contributed by atoms with E-state index in [0.29, 0.717) is 12.1 Å². The highest BCUT2D eigenvalue weighted by atomic mass is 16.5. The molecule has 1 saturated carbocycles. The summed E-state index contributed by atoms with van der Waals surface area (Å²) < 4.78 is 6.03. The second-order valence-corrected chi connectivity index (χ2v) is 5.47. The Labute approximate surface area is 108 Å². The van der Waals surface area contributed by atoms with Crippen LogP contribution in [-0.4, -0.2) is 25.8 Å². The highest BCUT2D eigenvalue weighted by molar-refractivity contribution is 4.72. The maximum absolute atomic E-state index is 6.03. The fraction of sp³-hybridized carbons (Fsp3) is 1.00. The first-order valence-electron chi connectivity index (χ1n) is 7.59. The molecule has 0 radical (unpaired) electrons. The number of hydrogen-bond acceptors (Lipinski definition) is 2. The molecule has 0 aromatic rings. The minimum atomic E-state index is 0.559. The number of hydrogen-bond donors (Lipinski definition) is 1. The third kappa shape index (κ3) is 5.87. The van der Waals surface area contributed by atoms with E-state index in [4.69, 9.17) is 4.74 Å². The predicted molar refractivity (Wildman–Crippen MR) is 74.4 cm³/mol. The minimum absolute atomic E-state index is 0.559. The second-order valence-electron chi connectivity index (χ2n) is 5.47. The first kappa shape index (κ1) is 15.0. The van der Waals surface area contributed by atoms with E-state index >= 15 is 0 Å². The van der Waals surface area contributed by atoms with Gasteiger partial charge >= 0.3 is 0 Å². The van der Waals surface area contributed by atoms with Gasteiger partial charge in [0.2, 0.25) is 0 Å². The van der Waals surface area contributed by atoms with Crippen molar-refractivity contribution < 1.29 is 4.74 Å². The van der Waals surface area contributed by atoms with Crippen molar-refractivity contribution in [1.82, 2.24) is 5.32 Å². The van der Waals surface area contributed by atoms with E-state index in [1.54, 1.807) is 0 Å². The molecule has 0 aromatic heterocycles. The van der Waals surface area contributed by atoms with Crippen LogP contribution >= 0.6 is 0 Å². The monoisotopic (exact) mass is 241 g/mol. The molecule has 1 aliphatic rings. The average Bonchev–Trinajstić information content (AvgIpc) is 2.39. The molecule has 3 atom stereocenters. The van der Waals surface area contributed by atoms with Gasteiger partial charge in [-0.3, -0.25) is 0 Å². The lowest BCUT2D eigenvalue weighted by Crippen LogP contribution is -2.26. The van der Waals surface area contributed by atoms with Crippen molar-refractivity contribution in [3.63, 3.8) is 0 Å². The van der Waals surface area contributed by atoms with E-state index in [1.807, 2.05) is 0 Å². The molecule has 2 heteroatoms. The standard InChI is InChI=1S/C15H31NO/c1-4-13-8-6-10-15(12-13)17-11-7-9-14(5-2)16-3/h13-16H,4-12H2,1-3H3. The van der Waals surface area contributed by atoms with E-state index in [-0.39, 0.29) is 0 Å². The van der Waals surface area contributed by atoms with E-state index in [2.05, 4.69) is 26.2 Å². The summed E-state index contributed by atoms with van der Waals surface area (Å²) in [4.78, 5) is 0. The summed E-state index contributed by atoms with van der Waals surface area (Å²) in [6, 6.07) is 0.674. The van der Waals surface area contributed by atoms with Gasteiger partial charge in [0.25, 0.3) is 0 Å². The predicted octanol–water partition coefficient (Wildman–Crippen LogP) is 3.75. The Morgan fingerprint density at radius 1 is 1.29 bits per heavy atom. The molecular weight excluding hydrogens is 210 g/mol. The quantitative estimate of drug-likeness (QED) is 0.653. The normalized spacial score (nSPS) is 27.0. The van der Waals surface area contributed by atoms with E-state index in [9.17, 15) is 0 Å². The molecule has 2 nitrogen and oxygen atoms in total. The van der Waals surface area contributed by atoms with Crippen molar-refractivity contribution in [1.29, 1.82) is 0 Å². The fourth-order valence-corrected chi connectivity index (χ4v) is 2.90. The zero-order chi connectivity index (χ0) is 12.5. The van der Waals surface area contributed by atoms with Crippen LogP contribution in [-0.2, 0) is 4.74 Å². The number of rotatable bonds is 8. The molecule has 17 heavy (non-hydrogen) atoms. The van der Waals surface area contributed by atoms with Crippen LogP contribution in [0.25, 0.3) is 0 Å². The third-order valence-corrected chi connectivity index (χ3v) is 4.26. The molecule has 0 bridgehead atoms. The van der Waals surface area contributed by atoms with Gasteiger partial charge in [-0.2, -0.15) is 0 Å². The molecule has 0 aromatic carbocycles. The Morgan fingerprint density at radius 2 is 2.12 bits per heavy atom. The van der Waals surface area contributed by atoms with Crippen molar-refractivity contribution >= 4 is 0 Å². The molecule has 0 saturated heterocycles. The van der Waals surface area contributed by atoms with Crippen LogP contribution in [0.3, 0.4) is 0 Å².